The van der Waals surface area contributed by atoms with Gasteiger partial charge >= 0.3 is 0 Å². The predicted molar refractivity (Wildman–Crippen MR) is 66.5 cm³/mol. The van der Waals surface area contributed by atoms with Gasteiger partial charge in [0.15, 0.2) is 0 Å². The van der Waals surface area contributed by atoms with Crippen LogP contribution in [0.3, 0.4) is 0 Å². The first kappa shape index (κ1) is 9.34. The third-order valence-electron chi connectivity index (χ3n) is 3.03. The Hall–Kier alpha value is -0.890. The highest BCUT2D eigenvalue weighted by Gasteiger charge is 2.17. The Morgan fingerprint density at radius 1 is 1.27 bits per heavy atom. The minimum atomic E-state index is 0.610. The van der Waals surface area contributed by atoms with E-state index in [1.807, 2.05) is 0 Å². The van der Waals surface area contributed by atoms with Crippen LogP contribution in [0.2, 0.25) is 0 Å². The van der Waals surface area contributed by atoms with Crippen LogP contribution in [0, 0.1) is 0 Å². The van der Waals surface area contributed by atoms with Crippen molar-refractivity contribution in [2.75, 3.05) is 0 Å². The Morgan fingerprint density at radius 3 is 3.07 bits per heavy atom. The number of aryl methyl sites for hydroxylation is 1. The molecule has 1 atom stereocenters. The minimum Gasteiger partial charge on any atom is -0.253 e. The number of halogens is 1. The number of hydrogen-bond donors (Lipinski definition) is 0. The lowest BCUT2D eigenvalue weighted by atomic mass is 9.95. The number of fused-ring (bicyclic) bond motifs is 2. The van der Waals surface area contributed by atoms with Gasteiger partial charge in [-0.1, -0.05) is 34.1 Å². The molecule has 0 amide bonds. The summed E-state index contributed by atoms with van der Waals surface area (Å²) < 4.78 is 0. The molecule has 1 aliphatic carbocycles. The molecule has 15 heavy (non-hydrogen) atoms. The van der Waals surface area contributed by atoms with Gasteiger partial charge < -0.3 is 0 Å². The summed E-state index contributed by atoms with van der Waals surface area (Å²) >= 11 is 3.68. The molecule has 1 aromatic heterocycles. The SMILES string of the molecule is BrC1CCc2cc3ccccc3nc2C1. The number of pyridine rings is 1. The van der Waals surface area contributed by atoms with Crippen molar-refractivity contribution in [1.82, 2.24) is 4.98 Å². The summed E-state index contributed by atoms with van der Waals surface area (Å²) in [6, 6.07) is 10.7. The fourth-order valence-electron chi connectivity index (χ4n) is 2.22. The van der Waals surface area contributed by atoms with Gasteiger partial charge in [-0.25, -0.2) is 0 Å². The zero-order valence-electron chi connectivity index (χ0n) is 8.41. The molecule has 0 aliphatic heterocycles. The molecule has 1 nitrogen and oxygen atoms in total. The molecule has 0 bridgehead atoms. The van der Waals surface area contributed by atoms with Gasteiger partial charge in [-0.05, 0) is 30.5 Å². The molecule has 3 rings (SSSR count). The van der Waals surface area contributed by atoms with Crippen molar-refractivity contribution >= 4 is 26.8 Å². The van der Waals surface area contributed by atoms with E-state index in [0.29, 0.717) is 4.83 Å². The lowest BCUT2D eigenvalue weighted by Crippen LogP contribution is -2.15. The van der Waals surface area contributed by atoms with E-state index in [2.05, 4.69) is 46.3 Å². The summed E-state index contributed by atoms with van der Waals surface area (Å²) in [4.78, 5) is 5.35. The molecule has 0 spiro atoms. The molecule has 2 heteroatoms. The molecule has 1 aromatic carbocycles. The molecule has 2 aromatic rings. The van der Waals surface area contributed by atoms with Crippen molar-refractivity contribution in [3.05, 3.63) is 41.6 Å². The maximum atomic E-state index is 4.74. The Bertz CT molecular complexity index is 507. The average Bonchev–Trinajstić information content (AvgIpc) is 2.26. The molecule has 0 N–H and O–H groups in total. The van der Waals surface area contributed by atoms with Crippen molar-refractivity contribution in [2.24, 2.45) is 0 Å². The largest absolute Gasteiger partial charge is 0.253 e. The van der Waals surface area contributed by atoms with Crippen LogP contribution in [0.1, 0.15) is 17.7 Å². The second-order valence-electron chi connectivity index (χ2n) is 4.13. The van der Waals surface area contributed by atoms with E-state index in [9.17, 15) is 0 Å². The van der Waals surface area contributed by atoms with Gasteiger partial charge in [0.2, 0.25) is 0 Å². The Morgan fingerprint density at radius 2 is 2.13 bits per heavy atom. The quantitative estimate of drug-likeness (QED) is 0.662. The maximum Gasteiger partial charge on any atom is 0.0705 e. The zero-order valence-corrected chi connectivity index (χ0v) is 10.00. The summed E-state index contributed by atoms with van der Waals surface area (Å²) in [5.74, 6) is 0. The number of aromatic nitrogens is 1. The van der Waals surface area contributed by atoms with E-state index < -0.39 is 0 Å². The van der Waals surface area contributed by atoms with Gasteiger partial charge in [-0.2, -0.15) is 0 Å². The third-order valence-corrected chi connectivity index (χ3v) is 3.82. The first-order valence-corrected chi connectivity index (χ1v) is 6.26. The van der Waals surface area contributed by atoms with Gasteiger partial charge in [0.1, 0.15) is 0 Å². The van der Waals surface area contributed by atoms with E-state index in [1.165, 1.54) is 23.1 Å². The number of rotatable bonds is 0. The normalized spacial score (nSPS) is 20.2. The van der Waals surface area contributed by atoms with E-state index in [-0.39, 0.29) is 0 Å². The van der Waals surface area contributed by atoms with E-state index in [1.54, 1.807) is 0 Å². The summed E-state index contributed by atoms with van der Waals surface area (Å²) in [6.07, 6.45) is 3.45. The Balaban J connectivity index is 2.20. The zero-order chi connectivity index (χ0) is 10.3. The molecule has 0 saturated carbocycles. The highest BCUT2D eigenvalue weighted by atomic mass is 79.9. The number of benzene rings is 1. The summed E-state index contributed by atoms with van der Waals surface area (Å²) in [5, 5.41) is 1.27. The Labute approximate surface area is 97.7 Å². The molecule has 76 valence electrons. The molecule has 0 saturated heterocycles. The summed E-state index contributed by atoms with van der Waals surface area (Å²) in [5.41, 5.74) is 3.84. The van der Waals surface area contributed by atoms with Crippen LogP contribution in [0.4, 0.5) is 0 Å². The van der Waals surface area contributed by atoms with Crippen LogP contribution < -0.4 is 0 Å². The standard InChI is InChI=1S/C13H12BrN/c14-11-6-5-10-7-9-3-1-2-4-12(9)15-13(10)8-11/h1-4,7,11H,5-6,8H2. The van der Waals surface area contributed by atoms with Crippen molar-refractivity contribution in [3.63, 3.8) is 0 Å². The van der Waals surface area contributed by atoms with Gasteiger partial charge in [0, 0.05) is 22.3 Å². The van der Waals surface area contributed by atoms with E-state index >= 15 is 0 Å². The molecule has 1 heterocycles. The monoisotopic (exact) mass is 261 g/mol. The fourth-order valence-corrected chi connectivity index (χ4v) is 2.75. The van der Waals surface area contributed by atoms with Gasteiger partial charge in [-0.15, -0.1) is 0 Å². The highest BCUT2D eigenvalue weighted by molar-refractivity contribution is 9.09. The van der Waals surface area contributed by atoms with Crippen molar-refractivity contribution in [2.45, 2.75) is 24.1 Å². The summed E-state index contributed by atoms with van der Waals surface area (Å²) in [7, 11) is 0. The summed E-state index contributed by atoms with van der Waals surface area (Å²) in [6.45, 7) is 0. The van der Waals surface area contributed by atoms with Crippen molar-refractivity contribution in [1.29, 1.82) is 0 Å². The smallest absolute Gasteiger partial charge is 0.0705 e. The van der Waals surface area contributed by atoms with Gasteiger partial charge in [0.25, 0.3) is 0 Å². The molecule has 1 unspecified atom stereocenters. The maximum absolute atomic E-state index is 4.74. The van der Waals surface area contributed by atoms with Crippen LogP contribution in [0.5, 0.6) is 0 Å². The second kappa shape index (κ2) is 3.60. The fraction of sp³-hybridized carbons (Fsp3) is 0.308. The number of para-hydroxylation sites is 1. The lowest BCUT2D eigenvalue weighted by Gasteiger charge is -2.19. The van der Waals surface area contributed by atoms with E-state index in [0.717, 1.165) is 18.4 Å². The van der Waals surface area contributed by atoms with Crippen molar-refractivity contribution in [3.8, 4) is 0 Å². The number of alkyl halides is 1. The highest BCUT2D eigenvalue weighted by Crippen LogP contribution is 2.27. The number of hydrogen-bond acceptors (Lipinski definition) is 1. The first-order chi connectivity index (χ1) is 7.33. The van der Waals surface area contributed by atoms with Crippen molar-refractivity contribution < 1.29 is 0 Å². The van der Waals surface area contributed by atoms with Gasteiger partial charge in [-0.3, -0.25) is 4.98 Å². The molecule has 0 radical (unpaired) electrons. The van der Waals surface area contributed by atoms with Crippen LogP contribution in [0.25, 0.3) is 10.9 Å². The third kappa shape index (κ3) is 1.67. The topological polar surface area (TPSA) is 12.9 Å². The van der Waals surface area contributed by atoms with Crippen LogP contribution in [0.15, 0.2) is 30.3 Å². The number of nitrogens with zero attached hydrogens (tertiary/aromatic N) is 1. The van der Waals surface area contributed by atoms with Gasteiger partial charge in [0.05, 0.1) is 5.52 Å². The average molecular weight is 262 g/mol. The first-order valence-electron chi connectivity index (χ1n) is 5.34. The second-order valence-corrected chi connectivity index (χ2v) is 5.42. The predicted octanol–water partition coefficient (Wildman–Crippen LogP) is 3.49. The molecular weight excluding hydrogens is 250 g/mol. The Kier molecular flexibility index (Phi) is 2.24. The minimum absolute atomic E-state index is 0.610. The van der Waals surface area contributed by atoms with E-state index in [4.69, 9.17) is 4.98 Å². The van der Waals surface area contributed by atoms with Crippen LogP contribution in [-0.4, -0.2) is 9.81 Å². The molecule has 0 fully saturated rings. The molecule has 1 aliphatic rings. The molecular formula is C13H12BrN. The van der Waals surface area contributed by atoms with Crippen LogP contribution >= 0.6 is 15.9 Å². The van der Waals surface area contributed by atoms with Crippen LogP contribution in [-0.2, 0) is 12.8 Å². The lowest BCUT2D eigenvalue weighted by molar-refractivity contribution is 0.696.